The fourth-order valence-electron chi connectivity index (χ4n) is 4.20. The van der Waals surface area contributed by atoms with Crippen molar-refractivity contribution in [2.24, 2.45) is 4.99 Å². The Hall–Kier alpha value is -3.03. The van der Waals surface area contributed by atoms with Crippen molar-refractivity contribution in [2.75, 3.05) is 13.2 Å². The van der Waals surface area contributed by atoms with Crippen molar-refractivity contribution in [3.63, 3.8) is 0 Å². The Balaban J connectivity index is 1.70. The lowest BCUT2D eigenvalue weighted by atomic mass is 9.84. The number of aliphatic imine (C=N–C) groups is 1. The minimum atomic E-state index is -1.38. The normalized spacial score (nSPS) is 18.4. The van der Waals surface area contributed by atoms with Crippen LogP contribution in [0.2, 0.25) is 15.1 Å². The summed E-state index contributed by atoms with van der Waals surface area (Å²) in [6.45, 7) is 4.55. The molecular formula is C29H27Cl3N2O4. The highest BCUT2D eigenvalue weighted by atomic mass is 35.5. The standard InChI is InChI=1S/C29H27Cl3N2O4/c1-2-14-29(28(36)33-18-20-6-3-4-7-24(20)31)26(23-13-10-21(30)17-25(23)32)38-27(34-29)19-8-11-22(12-9-19)37-16-5-15-35/h2-4,6-13,17,26,35H,1,5,14-16,18H2,(H,33,36)/t26-,29-/m1/s1. The van der Waals surface area contributed by atoms with Gasteiger partial charge in [-0.05, 0) is 48.0 Å². The van der Waals surface area contributed by atoms with Crippen molar-refractivity contribution in [3.05, 3.63) is 111 Å². The summed E-state index contributed by atoms with van der Waals surface area (Å²) in [4.78, 5) is 18.7. The van der Waals surface area contributed by atoms with Gasteiger partial charge in [-0.1, -0.05) is 65.1 Å². The van der Waals surface area contributed by atoms with Crippen LogP contribution >= 0.6 is 34.8 Å². The largest absolute Gasteiger partial charge is 0.494 e. The average Bonchev–Trinajstić information content (AvgIpc) is 3.29. The number of hydrogen-bond acceptors (Lipinski definition) is 5. The summed E-state index contributed by atoms with van der Waals surface area (Å²) in [5.41, 5.74) is 0.636. The summed E-state index contributed by atoms with van der Waals surface area (Å²) >= 11 is 19.0. The molecule has 0 spiro atoms. The molecule has 1 aliphatic rings. The smallest absolute Gasteiger partial charge is 0.252 e. The minimum Gasteiger partial charge on any atom is -0.494 e. The van der Waals surface area contributed by atoms with Gasteiger partial charge in [0.2, 0.25) is 5.90 Å². The molecule has 6 nitrogen and oxygen atoms in total. The molecule has 1 heterocycles. The molecule has 0 aliphatic carbocycles. The van der Waals surface area contributed by atoms with Gasteiger partial charge in [0.1, 0.15) is 5.75 Å². The van der Waals surface area contributed by atoms with Gasteiger partial charge in [0.25, 0.3) is 5.91 Å². The van der Waals surface area contributed by atoms with E-state index in [0.29, 0.717) is 45.0 Å². The molecule has 9 heteroatoms. The summed E-state index contributed by atoms with van der Waals surface area (Å²) in [5, 5.41) is 13.3. The maximum absolute atomic E-state index is 13.9. The van der Waals surface area contributed by atoms with Crippen LogP contribution < -0.4 is 10.1 Å². The molecule has 3 aromatic rings. The zero-order chi connectivity index (χ0) is 27.1. The van der Waals surface area contributed by atoms with Gasteiger partial charge in [0.05, 0.1) is 6.61 Å². The molecule has 0 bridgehead atoms. The molecule has 198 valence electrons. The Morgan fingerprint density at radius 2 is 1.87 bits per heavy atom. The van der Waals surface area contributed by atoms with Crippen LogP contribution in [0.4, 0.5) is 0 Å². The minimum absolute atomic E-state index is 0.0568. The quantitative estimate of drug-likeness (QED) is 0.201. The highest BCUT2D eigenvalue weighted by Gasteiger charge is 2.53. The summed E-state index contributed by atoms with van der Waals surface area (Å²) < 4.78 is 12.0. The molecule has 0 saturated carbocycles. The number of benzene rings is 3. The maximum atomic E-state index is 13.9. The lowest BCUT2D eigenvalue weighted by Crippen LogP contribution is -2.47. The second-order valence-electron chi connectivity index (χ2n) is 8.72. The second-order valence-corrected chi connectivity index (χ2v) is 9.97. The van der Waals surface area contributed by atoms with Crippen LogP contribution in [-0.4, -0.2) is 35.7 Å². The molecule has 2 atom stereocenters. The van der Waals surface area contributed by atoms with E-state index in [4.69, 9.17) is 54.4 Å². The molecular weight excluding hydrogens is 547 g/mol. The lowest BCUT2D eigenvalue weighted by Gasteiger charge is -2.30. The van der Waals surface area contributed by atoms with Gasteiger partial charge in [-0.15, -0.1) is 6.58 Å². The molecule has 0 radical (unpaired) electrons. The molecule has 1 amide bonds. The van der Waals surface area contributed by atoms with Crippen LogP contribution in [0.5, 0.6) is 5.75 Å². The van der Waals surface area contributed by atoms with Crippen molar-refractivity contribution >= 4 is 46.6 Å². The Morgan fingerprint density at radius 1 is 1.11 bits per heavy atom. The number of amides is 1. The number of aliphatic hydroxyl groups is 1. The van der Waals surface area contributed by atoms with Crippen LogP contribution in [0.1, 0.15) is 35.6 Å². The summed E-state index contributed by atoms with van der Waals surface area (Å²) in [7, 11) is 0. The second kappa shape index (κ2) is 12.7. The van der Waals surface area contributed by atoms with Crippen LogP contribution in [0.3, 0.4) is 0 Å². The maximum Gasteiger partial charge on any atom is 0.252 e. The van der Waals surface area contributed by atoms with Gasteiger partial charge in [-0.3, -0.25) is 4.79 Å². The first kappa shape index (κ1) is 28.0. The highest BCUT2D eigenvalue weighted by Crippen LogP contribution is 2.45. The topological polar surface area (TPSA) is 80.2 Å². The number of hydrogen-bond donors (Lipinski definition) is 2. The van der Waals surface area contributed by atoms with E-state index in [2.05, 4.69) is 11.9 Å². The zero-order valence-corrected chi connectivity index (χ0v) is 22.8. The van der Waals surface area contributed by atoms with Gasteiger partial charge in [-0.25, -0.2) is 4.99 Å². The summed E-state index contributed by atoms with van der Waals surface area (Å²) in [6, 6.07) is 19.5. The zero-order valence-electron chi connectivity index (χ0n) is 20.5. The first-order valence-electron chi connectivity index (χ1n) is 12.1. The van der Waals surface area contributed by atoms with Crippen molar-refractivity contribution in [1.29, 1.82) is 0 Å². The average molecular weight is 574 g/mol. The monoisotopic (exact) mass is 572 g/mol. The van der Waals surface area contributed by atoms with Crippen LogP contribution in [0.15, 0.2) is 84.4 Å². The van der Waals surface area contributed by atoms with E-state index in [0.717, 1.165) is 5.56 Å². The number of halogens is 3. The first-order chi connectivity index (χ1) is 18.4. The van der Waals surface area contributed by atoms with Crippen LogP contribution in [0.25, 0.3) is 0 Å². The molecule has 38 heavy (non-hydrogen) atoms. The Kier molecular flexibility index (Phi) is 9.34. The molecule has 1 aliphatic heterocycles. The van der Waals surface area contributed by atoms with E-state index in [9.17, 15) is 4.79 Å². The van der Waals surface area contributed by atoms with Crippen molar-refractivity contribution < 1.29 is 19.4 Å². The fraction of sp³-hybridized carbons (Fsp3) is 0.241. The molecule has 0 aromatic heterocycles. The predicted octanol–water partition coefficient (Wildman–Crippen LogP) is 6.56. The molecule has 0 unspecified atom stereocenters. The van der Waals surface area contributed by atoms with Crippen LogP contribution in [-0.2, 0) is 16.1 Å². The third kappa shape index (κ3) is 6.16. The third-order valence-corrected chi connectivity index (χ3v) is 7.06. The molecule has 0 fully saturated rings. The number of nitrogens with zero attached hydrogens (tertiary/aromatic N) is 1. The van der Waals surface area contributed by atoms with Crippen LogP contribution in [0, 0.1) is 0 Å². The van der Waals surface area contributed by atoms with Gasteiger partial charge in [0, 0.05) is 52.2 Å². The van der Waals surface area contributed by atoms with Gasteiger partial charge in [-0.2, -0.15) is 0 Å². The third-order valence-electron chi connectivity index (χ3n) is 6.13. The molecule has 4 rings (SSSR count). The van der Waals surface area contributed by atoms with Crippen molar-refractivity contribution in [3.8, 4) is 5.75 Å². The van der Waals surface area contributed by atoms with E-state index < -0.39 is 11.6 Å². The number of rotatable bonds is 11. The number of aliphatic hydroxyl groups excluding tert-OH is 1. The SMILES string of the molecule is C=CC[C@@]1(C(=O)NCc2ccccc2Cl)N=C(c2ccc(OCCCO)cc2)O[C@@H]1c1ccc(Cl)cc1Cl. The van der Waals surface area contributed by atoms with E-state index in [1.807, 2.05) is 18.2 Å². The summed E-state index contributed by atoms with van der Waals surface area (Å²) in [5.74, 6) is 0.581. The van der Waals surface area contributed by atoms with Gasteiger partial charge >= 0.3 is 0 Å². The Morgan fingerprint density at radius 3 is 2.55 bits per heavy atom. The fourth-order valence-corrected chi connectivity index (χ4v) is 4.91. The number of carbonyl (C=O) groups excluding carboxylic acids is 1. The van der Waals surface area contributed by atoms with Crippen molar-refractivity contribution in [2.45, 2.75) is 31.0 Å². The van der Waals surface area contributed by atoms with E-state index >= 15 is 0 Å². The molecule has 2 N–H and O–H groups in total. The van der Waals surface area contributed by atoms with E-state index in [-0.39, 0.29) is 31.4 Å². The summed E-state index contributed by atoms with van der Waals surface area (Å²) in [6.07, 6.45) is 1.53. The van der Waals surface area contributed by atoms with Gasteiger partial charge < -0.3 is 19.9 Å². The van der Waals surface area contributed by atoms with E-state index in [1.54, 1.807) is 54.6 Å². The highest BCUT2D eigenvalue weighted by molar-refractivity contribution is 6.35. The van der Waals surface area contributed by atoms with Gasteiger partial charge in [0.15, 0.2) is 11.6 Å². The Bertz CT molecular complexity index is 1330. The predicted molar refractivity (Wildman–Crippen MR) is 151 cm³/mol. The Labute approximate surface area is 236 Å². The molecule has 3 aromatic carbocycles. The first-order valence-corrected chi connectivity index (χ1v) is 13.2. The number of nitrogens with one attached hydrogen (secondary N) is 1. The number of ether oxygens (including phenoxy) is 2. The lowest BCUT2D eigenvalue weighted by molar-refractivity contribution is -0.129. The molecule has 0 saturated heterocycles. The van der Waals surface area contributed by atoms with E-state index in [1.165, 1.54) is 0 Å². The van der Waals surface area contributed by atoms with Crippen molar-refractivity contribution in [1.82, 2.24) is 5.32 Å². The number of carbonyl (C=O) groups is 1.